The summed E-state index contributed by atoms with van der Waals surface area (Å²) in [7, 11) is 0. The highest BCUT2D eigenvalue weighted by atomic mass is 35.5. The van der Waals surface area contributed by atoms with Crippen LogP contribution in [0.2, 0.25) is 5.02 Å². The zero-order valence-corrected chi connectivity index (χ0v) is 19.8. The van der Waals surface area contributed by atoms with Gasteiger partial charge in [0.25, 0.3) is 5.91 Å². The lowest BCUT2D eigenvalue weighted by atomic mass is 9.93. The van der Waals surface area contributed by atoms with Gasteiger partial charge in [-0.3, -0.25) is 9.59 Å². The lowest BCUT2D eigenvalue weighted by Crippen LogP contribution is -2.64. The van der Waals surface area contributed by atoms with Crippen molar-refractivity contribution in [2.45, 2.75) is 32.0 Å². The molecular formula is C28H26ClN3O2. The number of nitrogens with zero attached hydrogens (tertiary/aromatic N) is 2. The molecule has 0 saturated heterocycles. The van der Waals surface area contributed by atoms with Crippen LogP contribution in [0.1, 0.15) is 28.5 Å². The Hall–Kier alpha value is -3.57. The Balaban J connectivity index is 1.49. The fourth-order valence-corrected chi connectivity index (χ4v) is 4.99. The number of hydrogen-bond donors (Lipinski definition) is 1. The van der Waals surface area contributed by atoms with Crippen LogP contribution in [-0.2, 0) is 24.3 Å². The van der Waals surface area contributed by atoms with Crippen LogP contribution in [0.15, 0.2) is 84.9 Å². The van der Waals surface area contributed by atoms with Crippen LogP contribution in [0.5, 0.6) is 0 Å². The second kappa shape index (κ2) is 8.99. The minimum Gasteiger partial charge on any atom is -0.350 e. The molecule has 1 atom stereocenters. The third-order valence-electron chi connectivity index (χ3n) is 6.68. The van der Waals surface area contributed by atoms with Gasteiger partial charge in [-0.2, -0.15) is 0 Å². The molecule has 0 spiro atoms. The minimum absolute atomic E-state index is 0.146. The molecule has 0 unspecified atom stereocenters. The van der Waals surface area contributed by atoms with Crippen LogP contribution in [0, 0.1) is 0 Å². The van der Waals surface area contributed by atoms with Gasteiger partial charge in [0.15, 0.2) is 0 Å². The third-order valence-corrected chi connectivity index (χ3v) is 7.05. The van der Waals surface area contributed by atoms with E-state index in [9.17, 15) is 9.59 Å². The van der Waals surface area contributed by atoms with Crippen LogP contribution in [0.3, 0.4) is 0 Å². The summed E-state index contributed by atoms with van der Waals surface area (Å²) >= 11 is 6.38. The van der Waals surface area contributed by atoms with Gasteiger partial charge in [0.2, 0.25) is 5.91 Å². The highest BCUT2D eigenvalue weighted by molar-refractivity contribution is 6.31. The van der Waals surface area contributed by atoms with Gasteiger partial charge in [-0.25, -0.2) is 0 Å². The van der Waals surface area contributed by atoms with E-state index in [1.807, 2.05) is 96.4 Å². The normalized spacial score (nSPS) is 17.6. The minimum atomic E-state index is -1.05. The molecule has 172 valence electrons. The van der Waals surface area contributed by atoms with Gasteiger partial charge in [-0.1, -0.05) is 78.3 Å². The first-order valence-electron chi connectivity index (χ1n) is 11.4. The van der Waals surface area contributed by atoms with E-state index >= 15 is 0 Å². The van der Waals surface area contributed by atoms with Gasteiger partial charge in [-0.15, -0.1) is 0 Å². The van der Waals surface area contributed by atoms with Crippen LogP contribution in [0.4, 0.5) is 0 Å². The molecular weight excluding hydrogens is 446 g/mol. The first kappa shape index (κ1) is 22.2. The second-order valence-corrected chi connectivity index (χ2v) is 9.32. The fraction of sp³-hybridized carbons (Fsp3) is 0.214. The van der Waals surface area contributed by atoms with Gasteiger partial charge in [0.05, 0.1) is 6.54 Å². The lowest BCUT2D eigenvalue weighted by molar-refractivity contribution is -0.133. The molecule has 1 aliphatic rings. The van der Waals surface area contributed by atoms with Gasteiger partial charge in [0.1, 0.15) is 11.2 Å². The number of benzene rings is 3. The zero-order chi connectivity index (χ0) is 23.7. The van der Waals surface area contributed by atoms with Crippen LogP contribution in [0.25, 0.3) is 10.9 Å². The van der Waals surface area contributed by atoms with E-state index in [0.29, 0.717) is 36.8 Å². The van der Waals surface area contributed by atoms with Gasteiger partial charge >= 0.3 is 0 Å². The maximum absolute atomic E-state index is 13.8. The number of rotatable bonds is 6. The molecule has 0 aliphatic carbocycles. The SMILES string of the molecule is C[C@@]1(C(=O)NCc2ccccc2)Cn2c(cc3ccccc32)C(=O)N1CCc1ccccc1Cl. The summed E-state index contributed by atoms with van der Waals surface area (Å²) in [5.41, 5.74) is 2.47. The summed E-state index contributed by atoms with van der Waals surface area (Å²) in [6.07, 6.45) is 0.563. The van der Waals surface area contributed by atoms with E-state index in [2.05, 4.69) is 5.32 Å². The zero-order valence-electron chi connectivity index (χ0n) is 19.0. The summed E-state index contributed by atoms with van der Waals surface area (Å²) < 4.78 is 1.98. The molecule has 34 heavy (non-hydrogen) atoms. The van der Waals surface area contributed by atoms with Gasteiger partial charge in [-0.05, 0) is 42.7 Å². The average molecular weight is 472 g/mol. The van der Waals surface area contributed by atoms with Crippen molar-refractivity contribution >= 4 is 34.3 Å². The number of nitrogens with one attached hydrogen (secondary N) is 1. The van der Waals surface area contributed by atoms with E-state index in [1.54, 1.807) is 4.90 Å². The number of carbonyl (C=O) groups is 2. The number of halogens is 1. The first-order valence-corrected chi connectivity index (χ1v) is 11.8. The second-order valence-electron chi connectivity index (χ2n) is 8.91. The van der Waals surface area contributed by atoms with E-state index in [1.165, 1.54) is 0 Å². The highest BCUT2D eigenvalue weighted by Crippen LogP contribution is 2.33. The first-order chi connectivity index (χ1) is 16.5. The largest absolute Gasteiger partial charge is 0.350 e. The quantitative estimate of drug-likeness (QED) is 0.427. The van der Waals surface area contributed by atoms with Crippen molar-refractivity contribution in [3.63, 3.8) is 0 Å². The monoisotopic (exact) mass is 471 g/mol. The molecule has 4 aromatic rings. The Kier molecular flexibility index (Phi) is 5.88. The Morgan fingerprint density at radius 3 is 2.50 bits per heavy atom. The van der Waals surface area contributed by atoms with E-state index < -0.39 is 5.54 Å². The van der Waals surface area contributed by atoms with Crippen molar-refractivity contribution in [1.82, 2.24) is 14.8 Å². The van der Waals surface area contributed by atoms with Gasteiger partial charge in [0, 0.05) is 29.0 Å². The average Bonchev–Trinajstić information content (AvgIpc) is 3.22. The van der Waals surface area contributed by atoms with Gasteiger partial charge < -0.3 is 14.8 Å². The van der Waals surface area contributed by atoms with Crippen LogP contribution < -0.4 is 5.32 Å². The van der Waals surface area contributed by atoms with E-state index in [4.69, 9.17) is 11.6 Å². The van der Waals surface area contributed by atoms with Crippen molar-refractivity contribution in [1.29, 1.82) is 0 Å². The molecule has 0 radical (unpaired) electrons. The molecule has 0 saturated carbocycles. The maximum atomic E-state index is 13.8. The topological polar surface area (TPSA) is 54.3 Å². The summed E-state index contributed by atoms with van der Waals surface area (Å²) in [6, 6.07) is 27.2. The lowest BCUT2D eigenvalue weighted by Gasteiger charge is -2.44. The molecule has 2 amide bonds. The molecule has 0 bridgehead atoms. The van der Waals surface area contributed by atoms with Crippen molar-refractivity contribution in [3.8, 4) is 0 Å². The number of hydrogen-bond acceptors (Lipinski definition) is 2. The molecule has 5 nitrogen and oxygen atoms in total. The maximum Gasteiger partial charge on any atom is 0.271 e. The molecule has 0 fully saturated rings. The highest BCUT2D eigenvalue weighted by Gasteiger charge is 2.47. The van der Waals surface area contributed by atoms with Crippen molar-refractivity contribution in [3.05, 3.63) is 107 Å². The molecule has 6 heteroatoms. The number of para-hydroxylation sites is 1. The molecule has 1 aromatic heterocycles. The number of aromatic nitrogens is 1. The number of fused-ring (bicyclic) bond motifs is 3. The standard InChI is InChI=1S/C28H26ClN3O2/c1-28(27(34)30-18-20-9-3-2-4-10-20)19-31-24-14-8-6-12-22(24)17-25(31)26(33)32(28)16-15-21-11-5-7-13-23(21)29/h2-14,17H,15-16,18-19H2,1H3,(H,30,34)/t28-/m0/s1. The summed E-state index contributed by atoms with van der Waals surface area (Å²) in [6.45, 7) is 3.03. The molecule has 3 aromatic carbocycles. The summed E-state index contributed by atoms with van der Waals surface area (Å²) in [5, 5.41) is 4.72. The number of amides is 2. The van der Waals surface area contributed by atoms with E-state index in [-0.39, 0.29) is 11.8 Å². The fourth-order valence-electron chi connectivity index (χ4n) is 4.76. The van der Waals surface area contributed by atoms with Crippen molar-refractivity contribution < 1.29 is 9.59 Å². The Labute approximate surface area is 203 Å². The van der Waals surface area contributed by atoms with E-state index in [0.717, 1.165) is 22.0 Å². The summed E-state index contributed by atoms with van der Waals surface area (Å²) in [5.74, 6) is -0.320. The summed E-state index contributed by atoms with van der Waals surface area (Å²) in [4.78, 5) is 29.1. The Bertz CT molecular complexity index is 1360. The Morgan fingerprint density at radius 1 is 1.00 bits per heavy atom. The predicted molar refractivity (Wildman–Crippen MR) is 135 cm³/mol. The number of carbonyl (C=O) groups excluding carboxylic acids is 2. The smallest absolute Gasteiger partial charge is 0.271 e. The van der Waals surface area contributed by atoms with Crippen molar-refractivity contribution in [2.24, 2.45) is 0 Å². The third kappa shape index (κ3) is 3.97. The molecule has 1 aliphatic heterocycles. The molecule has 2 heterocycles. The molecule has 1 N–H and O–H groups in total. The predicted octanol–water partition coefficient (Wildman–Crippen LogP) is 5.07. The van der Waals surface area contributed by atoms with Crippen molar-refractivity contribution in [2.75, 3.05) is 6.54 Å². The van der Waals surface area contributed by atoms with Crippen LogP contribution >= 0.6 is 11.6 Å². The Morgan fingerprint density at radius 2 is 1.71 bits per heavy atom. The van der Waals surface area contributed by atoms with Crippen LogP contribution in [-0.4, -0.2) is 33.4 Å². The molecule has 5 rings (SSSR count).